The fourth-order valence-electron chi connectivity index (χ4n) is 2.57. The lowest BCUT2D eigenvalue weighted by Gasteiger charge is -2.36. The van der Waals surface area contributed by atoms with Crippen LogP contribution in [0.15, 0.2) is 24.3 Å². The molecule has 0 N–H and O–H groups in total. The molecule has 126 valence electrons. The van der Waals surface area contributed by atoms with Crippen molar-refractivity contribution in [2.45, 2.75) is 51.7 Å². The fourth-order valence-corrected chi connectivity index (χ4v) is 2.57. The van der Waals surface area contributed by atoms with E-state index in [1.165, 1.54) is 0 Å². The van der Waals surface area contributed by atoms with Gasteiger partial charge in [-0.2, -0.15) is 0 Å². The van der Waals surface area contributed by atoms with E-state index in [1.807, 2.05) is 20.8 Å². The SMILES string of the molecule is CC(C)(C)OC(=O)N1CCCCC1COc1ccc(C=O)cc1. The Morgan fingerprint density at radius 2 is 1.96 bits per heavy atom. The standard InChI is InChI=1S/C18H25NO4/c1-18(2,3)23-17(21)19-11-5-4-6-15(19)13-22-16-9-7-14(12-20)8-10-16/h7-10,12,15H,4-6,11,13H2,1-3H3. The van der Waals surface area contributed by atoms with Crippen molar-refractivity contribution in [3.05, 3.63) is 29.8 Å². The van der Waals surface area contributed by atoms with Crippen LogP contribution in [0.2, 0.25) is 0 Å². The summed E-state index contributed by atoms with van der Waals surface area (Å²) in [7, 11) is 0. The Morgan fingerprint density at radius 3 is 2.57 bits per heavy atom. The van der Waals surface area contributed by atoms with Crippen LogP contribution < -0.4 is 4.74 Å². The molecule has 1 aliphatic heterocycles. The molecule has 23 heavy (non-hydrogen) atoms. The summed E-state index contributed by atoms with van der Waals surface area (Å²) in [5, 5.41) is 0. The van der Waals surface area contributed by atoms with Crippen LogP contribution in [0, 0.1) is 0 Å². The minimum absolute atomic E-state index is 0.0179. The second-order valence-electron chi connectivity index (χ2n) is 6.82. The first kappa shape index (κ1) is 17.3. The zero-order valence-corrected chi connectivity index (χ0v) is 14.1. The molecule has 0 spiro atoms. The molecule has 1 atom stereocenters. The van der Waals surface area contributed by atoms with Gasteiger partial charge >= 0.3 is 6.09 Å². The first-order valence-electron chi connectivity index (χ1n) is 8.07. The summed E-state index contributed by atoms with van der Waals surface area (Å²) in [5.41, 5.74) is 0.121. The number of aldehydes is 1. The summed E-state index contributed by atoms with van der Waals surface area (Å²) in [6, 6.07) is 6.99. The molecule has 1 aliphatic rings. The van der Waals surface area contributed by atoms with Gasteiger partial charge in [-0.15, -0.1) is 0 Å². The number of hydrogen-bond acceptors (Lipinski definition) is 4. The van der Waals surface area contributed by atoms with Crippen molar-refractivity contribution in [1.82, 2.24) is 4.90 Å². The second kappa shape index (κ2) is 7.49. The van der Waals surface area contributed by atoms with Crippen LogP contribution in [-0.2, 0) is 4.74 Å². The Kier molecular flexibility index (Phi) is 5.64. The van der Waals surface area contributed by atoms with Crippen LogP contribution in [0.4, 0.5) is 4.79 Å². The van der Waals surface area contributed by atoms with E-state index in [2.05, 4.69) is 0 Å². The highest BCUT2D eigenvalue weighted by Gasteiger charge is 2.30. The van der Waals surface area contributed by atoms with Crippen molar-refractivity contribution < 1.29 is 19.1 Å². The monoisotopic (exact) mass is 319 g/mol. The maximum atomic E-state index is 12.3. The normalized spacial score (nSPS) is 18.4. The number of piperidine rings is 1. The molecule has 2 rings (SSSR count). The van der Waals surface area contributed by atoms with E-state index in [4.69, 9.17) is 9.47 Å². The zero-order valence-electron chi connectivity index (χ0n) is 14.1. The van der Waals surface area contributed by atoms with E-state index in [9.17, 15) is 9.59 Å². The molecule has 0 radical (unpaired) electrons. The second-order valence-corrected chi connectivity index (χ2v) is 6.82. The molecule has 0 bridgehead atoms. The zero-order chi connectivity index (χ0) is 16.9. The highest BCUT2D eigenvalue weighted by atomic mass is 16.6. The van der Waals surface area contributed by atoms with Crippen LogP contribution >= 0.6 is 0 Å². The topological polar surface area (TPSA) is 55.8 Å². The molecule has 1 fully saturated rings. The maximum Gasteiger partial charge on any atom is 0.410 e. The molecule has 5 nitrogen and oxygen atoms in total. The van der Waals surface area contributed by atoms with E-state index >= 15 is 0 Å². The van der Waals surface area contributed by atoms with E-state index < -0.39 is 5.60 Å². The third-order valence-electron chi connectivity index (χ3n) is 3.71. The lowest BCUT2D eigenvalue weighted by Crippen LogP contribution is -2.48. The first-order valence-corrected chi connectivity index (χ1v) is 8.07. The molecule has 0 aliphatic carbocycles. The summed E-state index contributed by atoms with van der Waals surface area (Å²) >= 11 is 0. The van der Waals surface area contributed by atoms with Gasteiger partial charge in [0.15, 0.2) is 0 Å². The molecule has 1 heterocycles. The molecule has 5 heteroatoms. The third kappa shape index (κ3) is 5.27. The number of carbonyl (C=O) groups excluding carboxylic acids is 2. The van der Waals surface area contributed by atoms with Gasteiger partial charge in [-0.25, -0.2) is 4.79 Å². The van der Waals surface area contributed by atoms with Gasteiger partial charge in [-0.05, 0) is 64.3 Å². The van der Waals surface area contributed by atoms with Crippen molar-refractivity contribution in [1.29, 1.82) is 0 Å². The third-order valence-corrected chi connectivity index (χ3v) is 3.71. The number of hydrogen-bond donors (Lipinski definition) is 0. The Morgan fingerprint density at radius 1 is 1.26 bits per heavy atom. The van der Waals surface area contributed by atoms with Gasteiger partial charge in [-0.1, -0.05) is 0 Å². The Labute approximate surface area is 137 Å². The molecular formula is C18H25NO4. The highest BCUT2D eigenvalue weighted by Crippen LogP contribution is 2.22. The lowest BCUT2D eigenvalue weighted by molar-refractivity contribution is 0.00360. The van der Waals surface area contributed by atoms with Crippen molar-refractivity contribution in [3.63, 3.8) is 0 Å². The van der Waals surface area contributed by atoms with Crippen molar-refractivity contribution in [2.24, 2.45) is 0 Å². The number of amides is 1. The van der Waals surface area contributed by atoms with Gasteiger partial charge in [0.05, 0.1) is 6.04 Å². The molecule has 0 aromatic heterocycles. The molecule has 1 unspecified atom stereocenters. The summed E-state index contributed by atoms with van der Waals surface area (Å²) in [6.07, 6.45) is 3.50. The van der Waals surface area contributed by atoms with Crippen LogP contribution in [0.3, 0.4) is 0 Å². The van der Waals surface area contributed by atoms with E-state index in [-0.39, 0.29) is 12.1 Å². The molecule has 1 aromatic rings. The van der Waals surface area contributed by atoms with Gasteiger partial charge < -0.3 is 14.4 Å². The van der Waals surface area contributed by atoms with Gasteiger partial charge in [0.1, 0.15) is 24.2 Å². The van der Waals surface area contributed by atoms with Gasteiger partial charge in [0.25, 0.3) is 0 Å². The largest absolute Gasteiger partial charge is 0.491 e. The Hall–Kier alpha value is -2.04. The summed E-state index contributed by atoms with van der Waals surface area (Å²) in [5.74, 6) is 0.699. The van der Waals surface area contributed by atoms with Crippen LogP contribution in [0.5, 0.6) is 5.75 Å². The van der Waals surface area contributed by atoms with E-state index in [1.54, 1.807) is 29.2 Å². The molecule has 1 aromatic carbocycles. The van der Waals surface area contributed by atoms with Crippen molar-refractivity contribution >= 4 is 12.4 Å². The number of carbonyl (C=O) groups is 2. The minimum atomic E-state index is -0.495. The summed E-state index contributed by atoms with van der Waals surface area (Å²) in [6.45, 7) is 6.74. The quantitative estimate of drug-likeness (QED) is 0.795. The average Bonchev–Trinajstić information content (AvgIpc) is 2.52. The number of nitrogens with zero attached hydrogens (tertiary/aromatic N) is 1. The van der Waals surface area contributed by atoms with Crippen LogP contribution in [-0.4, -0.2) is 42.1 Å². The lowest BCUT2D eigenvalue weighted by atomic mass is 10.0. The summed E-state index contributed by atoms with van der Waals surface area (Å²) < 4.78 is 11.3. The molecule has 0 saturated carbocycles. The molecule has 1 saturated heterocycles. The molecular weight excluding hydrogens is 294 g/mol. The predicted molar refractivity (Wildman–Crippen MR) is 87.9 cm³/mol. The highest BCUT2D eigenvalue weighted by molar-refractivity contribution is 5.74. The summed E-state index contributed by atoms with van der Waals surface area (Å²) in [4.78, 5) is 24.8. The number of ether oxygens (including phenoxy) is 2. The number of rotatable bonds is 4. The Bertz CT molecular complexity index is 533. The maximum absolute atomic E-state index is 12.3. The fraction of sp³-hybridized carbons (Fsp3) is 0.556. The average molecular weight is 319 g/mol. The molecule has 1 amide bonds. The van der Waals surface area contributed by atoms with E-state index in [0.717, 1.165) is 25.5 Å². The predicted octanol–water partition coefficient (Wildman–Crippen LogP) is 3.67. The smallest absolute Gasteiger partial charge is 0.410 e. The van der Waals surface area contributed by atoms with Crippen LogP contribution in [0.1, 0.15) is 50.4 Å². The van der Waals surface area contributed by atoms with Crippen LogP contribution in [0.25, 0.3) is 0 Å². The first-order chi connectivity index (χ1) is 10.9. The van der Waals surface area contributed by atoms with Gasteiger partial charge in [-0.3, -0.25) is 4.79 Å². The van der Waals surface area contributed by atoms with Crippen molar-refractivity contribution in [2.75, 3.05) is 13.2 Å². The van der Waals surface area contributed by atoms with E-state index in [0.29, 0.717) is 24.5 Å². The van der Waals surface area contributed by atoms with Gasteiger partial charge in [0.2, 0.25) is 0 Å². The van der Waals surface area contributed by atoms with Crippen molar-refractivity contribution in [3.8, 4) is 5.75 Å². The van der Waals surface area contributed by atoms with Gasteiger partial charge in [0, 0.05) is 12.1 Å². The number of benzene rings is 1. The number of likely N-dealkylation sites (tertiary alicyclic amines) is 1. The minimum Gasteiger partial charge on any atom is -0.491 e. The Balaban J connectivity index is 1.95.